The number of hydrogen-bond acceptors (Lipinski definition) is 3. The minimum absolute atomic E-state index is 0.212. The number of halogens is 1. The molecule has 0 amide bonds. The Balaban J connectivity index is 1.71. The van der Waals surface area contributed by atoms with Crippen molar-refractivity contribution in [1.82, 2.24) is 10.2 Å². The van der Waals surface area contributed by atoms with Crippen LogP contribution >= 0.6 is 0 Å². The van der Waals surface area contributed by atoms with Gasteiger partial charge in [-0.25, -0.2) is 4.39 Å². The molecule has 1 fully saturated rings. The predicted octanol–water partition coefficient (Wildman–Crippen LogP) is 2.42. The van der Waals surface area contributed by atoms with Crippen LogP contribution in [0, 0.1) is 5.82 Å². The first kappa shape index (κ1) is 18.7. The summed E-state index contributed by atoms with van der Waals surface area (Å²) in [7, 11) is 3.50. The highest BCUT2D eigenvalue weighted by molar-refractivity contribution is 5.79. The van der Waals surface area contributed by atoms with Crippen LogP contribution in [0.2, 0.25) is 0 Å². The van der Waals surface area contributed by atoms with E-state index in [4.69, 9.17) is 9.47 Å². The highest BCUT2D eigenvalue weighted by atomic mass is 19.1. The highest BCUT2D eigenvalue weighted by Crippen LogP contribution is 2.14. The van der Waals surface area contributed by atoms with Crippen LogP contribution in [0.3, 0.4) is 0 Å². The molecule has 0 unspecified atom stereocenters. The summed E-state index contributed by atoms with van der Waals surface area (Å²) in [5, 5.41) is 3.35. The number of benzene rings is 1. The molecule has 0 saturated carbocycles. The van der Waals surface area contributed by atoms with Gasteiger partial charge >= 0.3 is 0 Å². The van der Waals surface area contributed by atoms with Crippen LogP contribution in [0.1, 0.15) is 24.8 Å². The van der Waals surface area contributed by atoms with Crippen LogP contribution in [0.15, 0.2) is 29.3 Å². The van der Waals surface area contributed by atoms with Crippen molar-refractivity contribution in [1.29, 1.82) is 0 Å². The number of nitrogens with one attached hydrogen (secondary N) is 1. The van der Waals surface area contributed by atoms with Crippen LogP contribution in [0.25, 0.3) is 0 Å². The molecule has 2 rings (SSSR count). The Hall–Kier alpha value is -1.66. The number of hydrogen-bond donors (Lipinski definition) is 1. The lowest BCUT2D eigenvalue weighted by Gasteiger charge is -2.34. The molecule has 0 bridgehead atoms. The molecule has 1 aliphatic heterocycles. The summed E-state index contributed by atoms with van der Waals surface area (Å²) >= 11 is 0. The Morgan fingerprint density at radius 3 is 2.58 bits per heavy atom. The molecule has 6 heteroatoms. The van der Waals surface area contributed by atoms with Gasteiger partial charge in [-0.15, -0.1) is 0 Å². The second-order valence-corrected chi connectivity index (χ2v) is 5.93. The van der Waals surface area contributed by atoms with Gasteiger partial charge < -0.3 is 19.7 Å². The Morgan fingerprint density at radius 1 is 1.25 bits per heavy atom. The average molecular weight is 337 g/mol. The zero-order chi connectivity index (χ0) is 17.2. The first-order valence-corrected chi connectivity index (χ1v) is 8.53. The molecule has 0 aromatic heterocycles. The number of rotatable bonds is 7. The Bertz CT molecular complexity index is 499. The average Bonchev–Trinajstić information content (AvgIpc) is 2.62. The first-order chi connectivity index (χ1) is 11.7. The van der Waals surface area contributed by atoms with Gasteiger partial charge in [0.1, 0.15) is 5.82 Å². The number of methoxy groups -OCH3 is 1. The zero-order valence-corrected chi connectivity index (χ0v) is 14.6. The van der Waals surface area contributed by atoms with E-state index < -0.39 is 0 Å². The lowest BCUT2D eigenvalue weighted by atomic mass is 10.1. The molecule has 1 aromatic carbocycles. The van der Waals surface area contributed by atoms with Crippen LogP contribution in [0.4, 0.5) is 4.39 Å². The van der Waals surface area contributed by atoms with Crippen molar-refractivity contribution in [3.8, 4) is 0 Å². The van der Waals surface area contributed by atoms with Gasteiger partial charge in [0.25, 0.3) is 0 Å². The van der Waals surface area contributed by atoms with Gasteiger partial charge in [0.05, 0.1) is 6.10 Å². The van der Waals surface area contributed by atoms with E-state index in [0.717, 1.165) is 57.1 Å². The molecule has 1 aromatic rings. The summed E-state index contributed by atoms with van der Waals surface area (Å²) < 4.78 is 23.9. The predicted molar refractivity (Wildman–Crippen MR) is 93.6 cm³/mol. The van der Waals surface area contributed by atoms with Gasteiger partial charge in [-0.1, -0.05) is 12.1 Å². The van der Waals surface area contributed by atoms with Crippen molar-refractivity contribution in [3.05, 3.63) is 35.6 Å². The zero-order valence-electron chi connectivity index (χ0n) is 14.6. The number of guanidine groups is 1. The first-order valence-electron chi connectivity index (χ1n) is 8.53. The molecule has 0 atom stereocenters. The van der Waals surface area contributed by atoms with Crippen molar-refractivity contribution >= 4 is 5.96 Å². The minimum atomic E-state index is -0.212. The van der Waals surface area contributed by atoms with Crippen LogP contribution in [-0.4, -0.2) is 57.4 Å². The maximum Gasteiger partial charge on any atom is 0.193 e. The van der Waals surface area contributed by atoms with Crippen molar-refractivity contribution in [2.75, 3.05) is 40.5 Å². The Kier molecular flexibility index (Phi) is 7.98. The summed E-state index contributed by atoms with van der Waals surface area (Å²) in [5.41, 5.74) is 1.04. The van der Waals surface area contributed by atoms with Crippen LogP contribution in [0.5, 0.6) is 0 Å². The van der Waals surface area contributed by atoms with Crippen LogP contribution < -0.4 is 5.32 Å². The number of aliphatic imine (C=N–C) groups is 1. The monoisotopic (exact) mass is 337 g/mol. The molecule has 1 aliphatic rings. The molecule has 1 N–H and O–H groups in total. The smallest absolute Gasteiger partial charge is 0.193 e. The summed E-state index contributed by atoms with van der Waals surface area (Å²) in [6.07, 6.45) is 3.28. The maximum absolute atomic E-state index is 12.9. The van der Waals surface area contributed by atoms with Gasteiger partial charge in [0.2, 0.25) is 0 Å². The van der Waals surface area contributed by atoms with Gasteiger partial charge in [0, 0.05) is 47.0 Å². The molecule has 0 radical (unpaired) electrons. The highest BCUT2D eigenvalue weighted by Gasteiger charge is 2.21. The summed E-state index contributed by atoms with van der Waals surface area (Å²) in [6, 6.07) is 6.53. The quantitative estimate of drug-likeness (QED) is 0.471. The molecule has 0 spiro atoms. The molecule has 1 heterocycles. The SMILES string of the molecule is CN=C(NCc1ccc(F)cc1)N1CCC(OCCCOC)CC1. The Labute approximate surface area is 143 Å². The summed E-state index contributed by atoms with van der Waals surface area (Å²) in [5.74, 6) is 0.674. The summed E-state index contributed by atoms with van der Waals surface area (Å²) in [4.78, 5) is 6.60. The number of likely N-dealkylation sites (tertiary alicyclic amines) is 1. The number of nitrogens with zero attached hydrogens (tertiary/aromatic N) is 2. The van der Waals surface area contributed by atoms with Gasteiger partial charge in [-0.05, 0) is 37.0 Å². The van der Waals surface area contributed by atoms with E-state index in [-0.39, 0.29) is 5.82 Å². The molecule has 0 aliphatic carbocycles. The third-order valence-electron chi connectivity index (χ3n) is 4.16. The number of piperidine rings is 1. The van der Waals surface area contributed by atoms with Crippen molar-refractivity contribution < 1.29 is 13.9 Å². The third kappa shape index (κ3) is 6.09. The molecule has 1 saturated heterocycles. The van der Waals surface area contributed by atoms with Crippen molar-refractivity contribution in [3.63, 3.8) is 0 Å². The fraction of sp³-hybridized carbons (Fsp3) is 0.611. The number of ether oxygens (including phenoxy) is 2. The second kappa shape index (κ2) is 10.3. The van der Waals surface area contributed by atoms with E-state index in [1.807, 2.05) is 0 Å². The largest absolute Gasteiger partial charge is 0.385 e. The standard InChI is InChI=1S/C18H28FN3O2/c1-20-18(21-14-15-4-6-16(19)7-5-15)22-10-8-17(9-11-22)24-13-3-12-23-2/h4-7,17H,3,8-14H2,1-2H3,(H,20,21). The Morgan fingerprint density at radius 2 is 1.96 bits per heavy atom. The van der Waals surface area contributed by atoms with E-state index >= 15 is 0 Å². The fourth-order valence-electron chi connectivity index (χ4n) is 2.80. The summed E-state index contributed by atoms with van der Waals surface area (Å²) in [6.45, 7) is 4.01. The maximum atomic E-state index is 12.9. The van der Waals surface area contributed by atoms with Crippen LogP contribution in [-0.2, 0) is 16.0 Å². The lowest BCUT2D eigenvalue weighted by Crippen LogP contribution is -2.46. The molecular formula is C18H28FN3O2. The fourth-order valence-corrected chi connectivity index (χ4v) is 2.80. The van der Waals surface area contributed by atoms with E-state index in [0.29, 0.717) is 12.6 Å². The molecular weight excluding hydrogens is 309 g/mol. The van der Waals surface area contributed by atoms with Gasteiger partial charge in [-0.2, -0.15) is 0 Å². The van der Waals surface area contributed by atoms with E-state index in [2.05, 4.69) is 15.2 Å². The van der Waals surface area contributed by atoms with Crippen molar-refractivity contribution in [2.45, 2.75) is 31.9 Å². The normalized spacial score (nSPS) is 16.5. The molecule has 5 nitrogen and oxygen atoms in total. The lowest BCUT2D eigenvalue weighted by molar-refractivity contribution is 0.00989. The van der Waals surface area contributed by atoms with E-state index in [1.54, 1.807) is 26.3 Å². The third-order valence-corrected chi connectivity index (χ3v) is 4.16. The molecule has 24 heavy (non-hydrogen) atoms. The topological polar surface area (TPSA) is 46.1 Å². The van der Waals surface area contributed by atoms with E-state index in [9.17, 15) is 4.39 Å². The van der Waals surface area contributed by atoms with Gasteiger partial charge in [0.15, 0.2) is 5.96 Å². The molecule has 134 valence electrons. The van der Waals surface area contributed by atoms with E-state index in [1.165, 1.54) is 12.1 Å². The van der Waals surface area contributed by atoms with Crippen molar-refractivity contribution in [2.24, 2.45) is 4.99 Å². The van der Waals surface area contributed by atoms with Gasteiger partial charge in [-0.3, -0.25) is 4.99 Å². The second-order valence-electron chi connectivity index (χ2n) is 5.93. The minimum Gasteiger partial charge on any atom is -0.385 e.